The summed E-state index contributed by atoms with van der Waals surface area (Å²) in [5, 5.41) is 4.12. The zero-order chi connectivity index (χ0) is 23.6. The quantitative estimate of drug-likeness (QED) is 0.673. The molecule has 2 heterocycles. The highest BCUT2D eigenvalue weighted by Gasteiger charge is 2.37. The van der Waals surface area contributed by atoms with Crippen LogP contribution in [0.3, 0.4) is 0 Å². The van der Waals surface area contributed by atoms with Crippen LogP contribution in [0.5, 0.6) is 0 Å². The average molecular weight is 490 g/mol. The van der Waals surface area contributed by atoms with Crippen molar-refractivity contribution in [1.29, 1.82) is 0 Å². The van der Waals surface area contributed by atoms with Gasteiger partial charge < -0.3 is 10.2 Å². The molecule has 178 valence electrons. The molecular formula is C25H32ClN3O3S. The Morgan fingerprint density at radius 3 is 2.42 bits per heavy atom. The Balaban J connectivity index is 1.41. The molecule has 0 bridgehead atoms. The highest BCUT2D eigenvalue weighted by Crippen LogP contribution is 2.34. The second-order valence-corrected chi connectivity index (χ2v) is 11.7. The maximum atomic E-state index is 13.4. The Hall–Kier alpha value is -1.93. The Bertz CT molecular complexity index is 1080. The number of hydrogen-bond donors (Lipinski definition) is 1. The Labute approximate surface area is 202 Å². The fourth-order valence-electron chi connectivity index (χ4n) is 5.07. The van der Waals surface area contributed by atoms with Gasteiger partial charge in [-0.15, -0.1) is 0 Å². The van der Waals surface area contributed by atoms with Crippen molar-refractivity contribution in [2.75, 3.05) is 32.9 Å². The maximum absolute atomic E-state index is 13.4. The number of sulfonamides is 1. The number of rotatable bonds is 6. The smallest absolute Gasteiger partial charge is 0.240 e. The summed E-state index contributed by atoms with van der Waals surface area (Å²) < 4.78 is 25.1. The number of nitrogens with one attached hydrogen (secondary N) is 1. The number of carbonyl (C=O) groups is 1. The number of carbonyl (C=O) groups excluding carboxylic acids is 1. The van der Waals surface area contributed by atoms with E-state index in [9.17, 15) is 13.2 Å². The van der Waals surface area contributed by atoms with E-state index in [1.165, 1.54) is 16.1 Å². The van der Waals surface area contributed by atoms with Gasteiger partial charge in [-0.2, -0.15) is 0 Å². The molecule has 0 aliphatic carbocycles. The molecule has 2 fully saturated rings. The second kappa shape index (κ2) is 10.1. The van der Waals surface area contributed by atoms with E-state index in [2.05, 4.69) is 11.4 Å². The van der Waals surface area contributed by atoms with Crippen LogP contribution in [0.2, 0.25) is 5.02 Å². The predicted octanol–water partition coefficient (Wildman–Crippen LogP) is 3.58. The lowest BCUT2D eigenvalue weighted by Crippen LogP contribution is -2.48. The van der Waals surface area contributed by atoms with Gasteiger partial charge in [0.2, 0.25) is 15.9 Å². The van der Waals surface area contributed by atoms with Gasteiger partial charge in [-0.05, 0) is 60.5 Å². The van der Waals surface area contributed by atoms with Gasteiger partial charge in [0.25, 0.3) is 0 Å². The molecule has 1 amide bonds. The number of likely N-dealkylation sites (tertiary alicyclic amines) is 1. The average Bonchev–Trinajstić information content (AvgIpc) is 3.29. The summed E-state index contributed by atoms with van der Waals surface area (Å²) in [6, 6.07) is 15.7. The van der Waals surface area contributed by atoms with Crippen molar-refractivity contribution in [3.63, 3.8) is 0 Å². The van der Waals surface area contributed by atoms with Crippen molar-refractivity contribution in [2.45, 2.75) is 43.7 Å². The molecule has 0 radical (unpaired) electrons. The molecule has 2 aliphatic rings. The maximum Gasteiger partial charge on any atom is 0.240 e. The normalized spacial score (nSPS) is 22.1. The molecule has 0 saturated carbocycles. The van der Waals surface area contributed by atoms with Gasteiger partial charge in [0.05, 0.1) is 12.3 Å². The van der Waals surface area contributed by atoms with Crippen LogP contribution in [-0.4, -0.2) is 62.5 Å². The summed E-state index contributed by atoms with van der Waals surface area (Å²) in [7, 11) is -1.63. The number of piperidine rings is 1. The number of hydrogen-bond acceptors (Lipinski definition) is 4. The van der Waals surface area contributed by atoms with Crippen molar-refractivity contribution in [3.8, 4) is 0 Å². The summed E-state index contributed by atoms with van der Waals surface area (Å²) in [4.78, 5) is 15.4. The van der Waals surface area contributed by atoms with Gasteiger partial charge >= 0.3 is 0 Å². The van der Waals surface area contributed by atoms with Gasteiger partial charge in [0.15, 0.2) is 0 Å². The third-order valence-electron chi connectivity index (χ3n) is 7.05. The Morgan fingerprint density at radius 2 is 1.76 bits per heavy atom. The highest BCUT2D eigenvalue weighted by atomic mass is 35.5. The number of amides is 1. The lowest BCUT2D eigenvalue weighted by Gasteiger charge is -2.35. The van der Waals surface area contributed by atoms with E-state index < -0.39 is 10.0 Å². The van der Waals surface area contributed by atoms with Crippen LogP contribution in [0.15, 0.2) is 48.5 Å². The number of benzene rings is 2. The summed E-state index contributed by atoms with van der Waals surface area (Å²) in [5.41, 5.74) is 3.38. The van der Waals surface area contributed by atoms with Crippen molar-refractivity contribution >= 4 is 27.5 Å². The zero-order valence-corrected chi connectivity index (χ0v) is 20.8. The Morgan fingerprint density at radius 1 is 1.09 bits per heavy atom. The van der Waals surface area contributed by atoms with E-state index in [-0.39, 0.29) is 17.9 Å². The predicted molar refractivity (Wildman–Crippen MR) is 132 cm³/mol. The molecule has 6 nitrogen and oxygen atoms in total. The lowest BCUT2D eigenvalue weighted by atomic mass is 9.85. The molecule has 0 spiro atoms. The van der Waals surface area contributed by atoms with Crippen molar-refractivity contribution in [3.05, 3.63) is 70.2 Å². The summed E-state index contributed by atoms with van der Waals surface area (Å²) in [6.07, 6.45) is 3.93. The van der Waals surface area contributed by atoms with Crippen molar-refractivity contribution in [2.24, 2.45) is 0 Å². The number of nitrogens with zero attached hydrogens (tertiary/aromatic N) is 2. The summed E-state index contributed by atoms with van der Waals surface area (Å²) >= 11 is 6.04. The molecule has 2 aromatic rings. The van der Waals surface area contributed by atoms with Crippen LogP contribution in [0.25, 0.3) is 0 Å². The first-order chi connectivity index (χ1) is 15.7. The van der Waals surface area contributed by atoms with Crippen LogP contribution in [0.4, 0.5) is 0 Å². The fraction of sp³-hybridized carbons (Fsp3) is 0.480. The topological polar surface area (TPSA) is 69.7 Å². The van der Waals surface area contributed by atoms with E-state index in [1.54, 1.807) is 7.05 Å². The van der Waals surface area contributed by atoms with E-state index in [0.717, 1.165) is 36.9 Å². The van der Waals surface area contributed by atoms with Crippen LogP contribution >= 0.6 is 11.6 Å². The summed E-state index contributed by atoms with van der Waals surface area (Å²) in [5.74, 6) is 0.664. The molecular weight excluding hydrogens is 458 g/mol. The van der Waals surface area contributed by atoms with Crippen molar-refractivity contribution < 1.29 is 13.2 Å². The first kappa shape index (κ1) is 24.2. The largest absolute Gasteiger partial charge is 0.341 e. The second-order valence-electron chi connectivity index (χ2n) is 9.20. The zero-order valence-electron chi connectivity index (χ0n) is 19.2. The van der Waals surface area contributed by atoms with E-state index in [0.29, 0.717) is 30.6 Å². The molecule has 2 saturated heterocycles. The van der Waals surface area contributed by atoms with E-state index in [1.807, 2.05) is 47.4 Å². The minimum absolute atomic E-state index is 0.166. The lowest BCUT2D eigenvalue weighted by molar-refractivity contribution is -0.134. The molecule has 8 heteroatoms. The van der Waals surface area contributed by atoms with E-state index >= 15 is 0 Å². The third kappa shape index (κ3) is 5.60. The van der Waals surface area contributed by atoms with Crippen LogP contribution in [-0.2, 0) is 21.4 Å². The molecule has 0 aromatic heterocycles. The van der Waals surface area contributed by atoms with Crippen LogP contribution < -0.4 is 5.32 Å². The van der Waals surface area contributed by atoms with E-state index in [4.69, 9.17) is 11.6 Å². The highest BCUT2D eigenvalue weighted by molar-refractivity contribution is 7.88. The van der Waals surface area contributed by atoms with Crippen molar-refractivity contribution in [1.82, 2.24) is 14.5 Å². The van der Waals surface area contributed by atoms with Crippen LogP contribution in [0.1, 0.15) is 47.8 Å². The number of halogens is 1. The minimum Gasteiger partial charge on any atom is -0.341 e. The molecule has 2 aromatic carbocycles. The van der Waals surface area contributed by atoms with Gasteiger partial charge in [0, 0.05) is 37.6 Å². The van der Waals surface area contributed by atoms with Gasteiger partial charge in [-0.3, -0.25) is 4.79 Å². The molecule has 0 unspecified atom stereocenters. The van der Waals surface area contributed by atoms with Gasteiger partial charge in [0.1, 0.15) is 0 Å². The van der Waals surface area contributed by atoms with Gasteiger partial charge in [-0.1, -0.05) is 48.0 Å². The summed E-state index contributed by atoms with van der Waals surface area (Å²) in [6.45, 7) is 2.63. The monoisotopic (exact) mass is 489 g/mol. The Kier molecular flexibility index (Phi) is 7.43. The first-order valence-corrected chi connectivity index (χ1v) is 13.7. The SMILES string of the molecule is CN(Cc1ccccc1C1CCN(C(=O)[C@H]2NCC[C@@H]2c2ccc(Cl)cc2)CC1)S(C)(=O)=O. The molecule has 2 atom stereocenters. The third-order valence-corrected chi connectivity index (χ3v) is 8.56. The molecule has 33 heavy (non-hydrogen) atoms. The molecule has 1 N–H and O–H groups in total. The van der Waals surface area contributed by atoms with Crippen LogP contribution in [0, 0.1) is 0 Å². The standard InChI is InChI=1S/C25H32ClN3O3S/c1-28(33(2,31)32)17-20-5-3-4-6-22(20)19-12-15-29(16-13-19)25(30)24-23(11-14-27-24)18-7-9-21(26)10-8-18/h3-10,19,23-24,27H,11-17H2,1-2H3/t23-,24+/m1/s1. The minimum atomic E-state index is -3.24. The fourth-order valence-corrected chi connectivity index (χ4v) is 5.57. The molecule has 2 aliphatic heterocycles. The van der Waals surface area contributed by atoms with Gasteiger partial charge in [-0.25, -0.2) is 12.7 Å². The first-order valence-electron chi connectivity index (χ1n) is 11.5. The molecule has 4 rings (SSSR count).